The second kappa shape index (κ2) is 3.99. The normalized spacial score (nSPS) is 17.3. The van der Waals surface area contributed by atoms with Crippen molar-refractivity contribution in [2.24, 2.45) is 0 Å². The minimum Gasteiger partial charge on any atom is -0.369 e. The van der Waals surface area contributed by atoms with E-state index in [1.165, 1.54) is 31.7 Å². The Bertz CT molecular complexity index is 305. The highest BCUT2D eigenvalue weighted by molar-refractivity contribution is 5.47. The maximum Gasteiger partial charge on any atom is 0.146 e. The molecule has 1 aromatic rings. The van der Waals surface area contributed by atoms with E-state index >= 15 is 0 Å². The summed E-state index contributed by atoms with van der Waals surface area (Å²) >= 11 is 0. The fourth-order valence-electron chi connectivity index (χ4n) is 2.23. The van der Waals surface area contributed by atoms with Crippen LogP contribution in [0.2, 0.25) is 0 Å². The van der Waals surface area contributed by atoms with Gasteiger partial charge in [0.1, 0.15) is 5.82 Å². The lowest BCUT2D eigenvalue weighted by atomic mass is 10.2. The van der Waals surface area contributed by atoms with Crippen LogP contribution in [-0.2, 0) is 0 Å². The average Bonchev–Trinajstić information content (AvgIpc) is 2.70. The summed E-state index contributed by atoms with van der Waals surface area (Å²) in [6.07, 6.45) is 4.96. The largest absolute Gasteiger partial charge is 0.369 e. The number of halogens is 1. The van der Waals surface area contributed by atoms with Crippen LogP contribution in [0.4, 0.5) is 10.1 Å². The fourth-order valence-corrected chi connectivity index (χ4v) is 2.23. The first-order chi connectivity index (χ1) is 6.79. The molecule has 2 rings (SSSR count). The van der Waals surface area contributed by atoms with Crippen molar-refractivity contribution in [1.29, 1.82) is 0 Å². The van der Waals surface area contributed by atoms with E-state index in [2.05, 4.69) is 4.90 Å². The topological polar surface area (TPSA) is 3.24 Å². The van der Waals surface area contributed by atoms with Crippen LogP contribution in [0.1, 0.15) is 25.7 Å². The molecule has 1 aromatic carbocycles. The maximum atomic E-state index is 13.5. The van der Waals surface area contributed by atoms with Gasteiger partial charge in [0.2, 0.25) is 0 Å². The molecule has 76 valence electrons. The Kier molecular flexibility index (Phi) is 2.71. The third kappa shape index (κ3) is 1.74. The highest BCUT2D eigenvalue weighted by Crippen LogP contribution is 2.28. The van der Waals surface area contributed by atoms with E-state index in [9.17, 15) is 4.39 Å². The van der Waals surface area contributed by atoms with Gasteiger partial charge in [-0.15, -0.1) is 0 Å². The van der Waals surface area contributed by atoms with Gasteiger partial charge in [0.15, 0.2) is 0 Å². The molecule has 0 unspecified atom stereocenters. The second-order valence-corrected chi connectivity index (χ2v) is 4.00. The Labute approximate surface area is 84.5 Å². The molecule has 1 fully saturated rings. The lowest BCUT2D eigenvalue weighted by Gasteiger charge is -2.26. The maximum absolute atomic E-state index is 13.5. The number of para-hydroxylation sites is 1. The summed E-state index contributed by atoms with van der Waals surface area (Å²) in [6.45, 7) is 0. The molecule has 0 aromatic heterocycles. The molecule has 14 heavy (non-hydrogen) atoms. The van der Waals surface area contributed by atoms with E-state index in [4.69, 9.17) is 0 Å². The zero-order chi connectivity index (χ0) is 9.97. The predicted molar refractivity (Wildman–Crippen MR) is 57.1 cm³/mol. The van der Waals surface area contributed by atoms with Gasteiger partial charge in [-0.05, 0) is 25.0 Å². The van der Waals surface area contributed by atoms with Crippen molar-refractivity contribution in [1.82, 2.24) is 0 Å². The molecule has 2 heteroatoms. The molecule has 1 nitrogen and oxygen atoms in total. The molecule has 0 amide bonds. The van der Waals surface area contributed by atoms with Crippen molar-refractivity contribution in [2.45, 2.75) is 31.7 Å². The summed E-state index contributed by atoms with van der Waals surface area (Å²) in [4.78, 5) is 2.09. The van der Waals surface area contributed by atoms with Gasteiger partial charge < -0.3 is 4.90 Å². The summed E-state index contributed by atoms with van der Waals surface area (Å²) in [5.74, 6) is -0.109. The molecule has 0 heterocycles. The zero-order valence-corrected chi connectivity index (χ0v) is 8.54. The monoisotopic (exact) mass is 193 g/mol. The van der Waals surface area contributed by atoms with Crippen LogP contribution in [0.3, 0.4) is 0 Å². The minimum atomic E-state index is -0.109. The van der Waals surface area contributed by atoms with Gasteiger partial charge in [0.05, 0.1) is 5.69 Å². The number of nitrogens with zero attached hydrogens (tertiary/aromatic N) is 1. The molecule has 0 saturated heterocycles. The van der Waals surface area contributed by atoms with Crippen molar-refractivity contribution in [3.05, 3.63) is 30.1 Å². The fraction of sp³-hybridized carbons (Fsp3) is 0.500. The Morgan fingerprint density at radius 2 is 1.86 bits per heavy atom. The molecule has 0 aliphatic heterocycles. The Hall–Kier alpha value is -1.05. The van der Waals surface area contributed by atoms with Crippen molar-refractivity contribution >= 4 is 5.69 Å². The molecule has 1 aliphatic carbocycles. The minimum absolute atomic E-state index is 0.109. The van der Waals surface area contributed by atoms with E-state index in [0.29, 0.717) is 6.04 Å². The van der Waals surface area contributed by atoms with E-state index < -0.39 is 0 Å². The van der Waals surface area contributed by atoms with Gasteiger partial charge in [0.25, 0.3) is 0 Å². The van der Waals surface area contributed by atoms with E-state index in [0.717, 1.165) is 5.69 Å². The lowest BCUT2D eigenvalue weighted by Crippen LogP contribution is -2.29. The van der Waals surface area contributed by atoms with Crippen LogP contribution in [0.15, 0.2) is 24.3 Å². The molecule has 0 radical (unpaired) electrons. The third-order valence-electron chi connectivity index (χ3n) is 3.10. The number of benzene rings is 1. The standard InChI is InChI=1S/C12H16FN/c1-14(10-6-2-3-7-10)12-9-5-4-8-11(12)13/h4-5,8-10H,2-3,6-7H2,1H3. The van der Waals surface area contributed by atoms with Gasteiger partial charge in [-0.25, -0.2) is 4.39 Å². The second-order valence-electron chi connectivity index (χ2n) is 4.00. The Morgan fingerprint density at radius 3 is 2.50 bits per heavy atom. The van der Waals surface area contributed by atoms with Crippen LogP contribution in [-0.4, -0.2) is 13.1 Å². The first-order valence-electron chi connectivity index (χ1n) is 5.26. The average molecular weight is 193 g/mol. The molecule has 0 bridgehead atoms. The summed E-state index contributed by atoms with van der Waals surface area (Å²) < 4.78 is 13.5. The smallest absolute Gasteiger partial charge is 0.146 e. The van der Waals surface area contributed by atoms with Gasteiger partial charge >= 0.3 is 0 Å². The van der Waals surface area contributed by atoms with Crippen molar-refractivity contribution < 1.29 is 4.39 Å². The van der Waals surface area contributed by atoms with Crippen molar-refractivity contribution in [3.8, 4) is 0 Å². The third-order valence-corrected chi connectivity index (χ3v) is 3.10. The summed E-state index contributed by atoms with van der Waals surface area (Å²) in [6, 6.07) is 7.55. The van der Waals surface area contributed by atoms with Gasteiger partial charge in [-0.1, -0.05) is 25.0 Å². The van der Waals surface area contributed by atoms with Crippen LogP contribution in [0.5, 0.6) is 0 Å². The molecular weight excluding hydrogens is 177 g/mol. The van der Waals surface area contributed by atoms with Crippen molar-refractivity contribution in [3.63, 3.8) is 0 Å². The zero-order valence-electron chi connectivity index (χ0n) is 8.54. The summed E-state index contributed by atoms with van der Waals surface area (Å²) in [7, 11) is 1.99. The molecular formula is C12H16FN. The predicted octanol–water partition coefficient (Wildman–Crippen LogP) is 3.20. The quantitative estimate of drug-likeness (QED) is 0.697. The highest BCUT2D eigenvalue weighted by Gasteiger charge is 2.21. The SMILES string of the molecule is CN(c1ccccc1F)C1CCCC1. The molecule has 0 spiro atoms. The number of rotatable bonds is 2. The first kappa shape index (κ1) is 9.50. The van der Waals surface area contributed by atoms with Gasteiger partial charge in [-0.3, -0.25) is 0 Å². The summed E-state index contributed by atoms with van der Waals surface area (Å²) in [5, 5.41) is 0. The summed E-state index contributed by atoms with van der Waals surface area (Å²) in [5.41, 5.74) is 0.736. The first-order valence-corrected chi connectivity index (χ1v) is 5.26. The van der Waals surface area contributed by atoms with Crippen LogP contribution < -0.4 is 4.90 Å². The van der Waals surface area contributed by atoms with Crippen LogP contribution in [0.25, 0.3) is 0 Å². The Balaban J connectivity index is 2.17. The lowest BCUT2D eigenvalue weighted by molar-refractivity contribution is 0.595. The number of anilines is 1. The van der Waals surface area contributed by atoms with Crippen molar-refractivity contribution in [2.75, 3.05) is 11.9 Å². The van der Waals surface area contributed by atoms with Gasteiger partial charge in [-0.2, -0.15) is 0 Å². The van der Waals surface area contributed by atoms with E-state index in [1.54, 1.807) is 6.07 Å². The molecule has 0 N–H and O–H groups in total. The van der Waals surface area contributed by atoms with Crippen LogP contribution in [0, 0.1) is 5.82 Å². The molecule has 1 aliphatic rings. The van der Waals surface area contributed by atoms with E-state index in [1.807, 2.05) is 19.2 Å². The van der Waals surface area contributed by atoms with E-state index in [-0.39, 0.29) is 5.82 Å². The molecule has 1 saturated carbocycles. The van der Waals surface area contributed by atoms with Crippen LogP contribution >= 0.6 is 0 Å². The van der Waals surface area contributed by atoms with Gasteiger partial charge in [0, 0.05) is 13.1 Å². The Morgan fingerprint density at radius 1 is 1.21 bits per heavy atom. The molecule has 0 atom stereocenters. The highest BCUT2D eigenvalue weighted by atomic mass is 19.1. The number of hydrogen-bond donors (Lipinski definition) is 0. The number of hydrogen-bond acceptors (Lipinski definition) is 1.